The Kier molecular flexibility index (Phi) is 4.52. The first-order valence-corrected chi connectivity index (χ1v) is 6.79. The van der Waals surface area contributed by atoms with Crippen LogP contribution < -0.4 is 5.32 Å². The minimum atomic E-state index is -0.412. The number of nitro benzene ring substituents is 1. The maximum atomic E-state index is 13.9. The quantitative estimate of drug-likeness (QED) is 0.646. The fraction of sp³-hybridized carbons (Fsp3) is 0.250. The Morgan fingerprint density at radius 3 is 2.57 bits per heavy atom. The van der Waals surface area contributed by atoms with E-state index in [0.29, 0.717) is 23.2 Å². The van der Waals surface area contributed by atoms with E-state index in [9.17, 15) is 14.5 Å². The van der Waals surface area contributed by atoms with E-state index < -0.39 is 4.92 Å². The molecule has 110 valence electrons. The number of rotatable bonds is 5. The van der Waals surface area contributed by atoms with Gasteiger partial charge in [-0.15, -0.1) is 0 Å². The summed E-state index contributed by atoms with van der Waals surface area (Å²) in [5.41, 5.74) is 1.82. The summed E-state index contributed by atoms with van der Waals surface area (Å²) >= 11 is 0. The Morgan fingerprint density at radius 2 is 1.95 bits per heavy atom. The van der Waals surface area contributed by atoms with Gasteiger partial charge in [0.25, 0.3) is 5.69 Å². The van der Waals surface area contributed by atoms with Crippen LogP contribution in [0.4, 0.5) is 15.8 Å². The van der Waals surface area contributed by atoms with Gasteiger partial charge >= 0.3 is 0 Å². The largest absolute Gasteiger partial charge is 0.378 e. The second kappa shape index (κ2) is 6.35. The molecule has 0 bridgehead atoms. The van der Waals surface area contributed by atoms with E-state index in [2.05, 4.69) is 5.32 Å². The van der Waals surface area contributed by atoms with Gasteiger partial charge in [-0.2, -0.15) is 0 Å². The van der Waals surface area contributed by atoms with Gasteiger partial charge in [0, 0.05) is 22.9 Å². The van der Waals surface area contributed by atoms with Gasteiger partial charge in [-0.1, -0.05) is 31.2 Å². The van der Waals surface area contributed by atoms with E-state index in [0.717, 1.165) is 0 Å². The summed E-state index contributed by atoms with van der Waals surface area (Å²) in [6.07, 6.45) is 0.670. The minimum Gasteiger partial charge on any atom is -0.378 e. The molecule has 2 aromatic rings. The Morgan fingerprint density at radius 1 is 1.24 bits per heavy atom. The highest BCUT2D eigenvalue weighted by Gasteiger charge is 2.18. The van der Waals surface area contributed by atoms with Crippen molar-refractivity contribution in [3.63, 3.8) is 0 Å². The van der Waals surface area contributed by atoms with E-state index in [1.54, 1.807) is 37.3 Å². The molecule has 0 aliphatic heterocycles. The molecule has 0 saturated heterocycles. The fourth-order valence-electron chi connectivity index (χ4n) is 2.32. The average molecular weight is 288 g/mol. The van der Waals surface area contributed by atoms with Crippen LogP contribution >= 0.6 is 0 Å². The Labute approximate surface area is 122 Å². The van der Waals surface area contributed by atoms with Crippen molar-refractivity contribution in [1.29, 1.82) is 0 Å². The molecule has 0 spiro atoms. The summed E-state index contributed by atoms with van der Waals surface area (Å²) in [5.74, 6) is -0.278. The maximum Gasteiger partial charge on any atom is 0.274 e. The first-order valence-electron chi connectivity index (χ1n) is 6.79. The topological polar surface area (TPSA) is 55.2 Å². The van der Waals surface area contributed by atoms with Crippen molar-refractivity contribution in [2.45, 2.75) is 26.3 Å². The lowest BCUT2D eigenvalue weighted by Crippen LogP contribution is -2.12. The molecule has 1 atom stereocenters. The molecule has 1 unspecified atom stereocenters. The Bertz CT molecular complexity index is 658. The second-order valence-electron chi connectivity index (χ2n) is 4.83. The van der Waals surface area contributed by atoms with Crippen molar-refractivity contribution in [2.75, 3.05) is 5.32 Å². The van der Waals surface area contributed by atoms with Gasteiger partial charge in [0.2, 0.25) is 0 Å². The predicted molar refractivity (Wildman–Crippen MR) is 80.9 cm³/mol. The van der Waals surface area contributed by atoms with Crippen molar-refractivity contribution >= 4 is 11.4 Å². The third-order valence-corrected chi connectivity index (χ3v) is 3.52. The lowest BCUT2D eigenvalue weighted by atomic mass is 10.0. The first kappa shape index (κ1) is 15.0. The predicted octanol–water partition coefficient (Wildman–Crippen LogP) is 4.61. The molecule has 4 nitrogen and oxygen atoms in total. The summed E-state index contributed by atoms with van der Waals surface area (Å²) < 4.78 is 13.9. The number of hydrogen-bond donors (Lipinski definition) is 1. The SMILES string of the molecule is CCC(Nc1cccc([N+](=O)[O-])c1C)c1ccccc1F. The molecule has 21 heavy (non-hydrogen) atoms. The number of benzene rings is 2. The zero-order valence-electron chi connectivity index (χ0n) is 12.0. The van der Waals surface area contributed by atoms with E-state index >= 15 is 0 Å². The van der Waals surface area contributed by atoms with Gasteiger partial charge in [-0.3, -0.25) is 10.1 Å². The maximum absolute atomic E-state index is 13.9. The van der Waals surface area contributed by atoms with Crippen LogP contribution in [0.3, 0.4) is 0 Å². The van der Waals surface area contributed by atoms with Gasteiger partial charge in [0.05, 0.1) is 11.0 Å². The van der Waals surface area contributed by atoms with Crippen LogP contribution in [0.2, 0.25) is 0 Å². The van der Waals surface area contributed by atoms with E-state index in [1.165, 1.54) is 12.1 Å². The Balaban J connectivity index is 2.34. The molecule has 2 aromatic carbocycles. The summed E-state index contributed by atoms with van der Waals surface area (Å²) in [4.78, 5) is 10.6. The van der Waals surface area contributed by atoms with Crippen LogP contribution in [0.25, 0.3) is 0 Å². The van der Waals surface area contributed by atoms with Crippen molar-refractivity contribution in [2.24, 2.45) is 0 Å². The van der Waals surface area contributed by atoms with Crippen molar-refractivity contribution in [3.05, 3.63) is 69.5 Å². The molecule has 0 aliphatic carbocycles. The fourth-order valence-corrected chi connectivity index (χ4v) is 2.32. The molecule has 0 aliphatic rings. The highest BCUT2D eigenvalue weighted by Crippen LogP contribution is 2.30. The molecule has 0 amide bonds. The van der Waals surface area contributed by atoms with Crippen molar-refractivity contribution in [3.8, 4) is 0 Å². The van der Waals surface area contributed by atoms with Crippen LogP contribution in [0.5, 0.6) is 0 Å². The van der Waals surface area contributed by atoms with Crippen LogP contribution in [0, 0.1) is 22.9 Å². The van der Waals surface area contributed by atoms with Crippen LogP contribution in [-0.2, 0) is 0 Å². The van der Waals surface area contributed by atoms with Gasteiger partial charge in [0.15, 0.2) is 0 Å². The van der Waals surface area contributed by atoms with Gasteiger partial charge in [0.1, 0.15) is 5.82 Å². The minimum absolute atomic E-state index is 0.0587. The standard InChI is InChI=1S/C16H17FN2O2/c1-3-14(12-7-4-5-8-13(12)17)18-15-9-6-10-16(11(15)2)19(20)21/h4-10,14,18H,3H2,1-2H3. The number of nitrogens with zero attached hydrogens (tertiary/aromatic N) is 1. The molecule has 0 heterocycles. The van der Waals surface area contributed by atoms with Crippen LogP contribution in [0.15, 0.2) is 42.5 Å². The third kappa shape index (κ3) is 3.18. The number of halogens is 1. The van der Waals surface area contributed by atoms with Gasteiger partial charge < -0.3 is 5.32 Å². The lowest BCUT2D eigenvalue weighted by Gasteiger charge is -2.20. The van der Waals surface area contributed by atoms with E-state index in [1.807, 2.05) is 6.92 Å². The van der Waals surface area contributed by atoms with Crippen molar-refractivity contribution < 1.29 is 9.31 Å². The molecule has 0 radical (unpaired) electrons. The molecule has 0 fully saturated rings. The first-order chi connectivity index (χ1) is 10.0. The molecular weight excluding hydrogens is 271 g/mol. The van der Waals surface area contributed by atoms with Crippen LogP contribution in [0.1, 0.15) is 30.5 Å². The molecule has 0 aromatic heterocycles. The summed E-state index contributed by atoms with van der Waals surface area (Å²) in [6.45, 7) is 3.63. The molecule has 2 rings (SSSR count). The van der Waals surface area contributed by atoms with Crippen LogP contribution in [-0.4, -0.2) is 4.92 Å². The number of hydrogen-bond acceptors (Lipinski definition) is 3. The lowest BCUT2D eigenvalue weighted by molar-refractivity contribution is -0.385. The third-order valence-electron chi connectivity index (χ3n) is 3.52. The number of nitro groups is 1. The van der Waals surface area contributed by atoms with Gasteiger partial charge in [-0.05, 0) is 25.5 Å². The smallest absolute Gasteiger partial charge is 0.274 e. The summed E-state index contributed by atoms with van der Waals surface area (Å²) in [6, 6.07) is 11.2. The zero-order chi connectivity index (χ0) is 15.4. The summed E-state index contributed by atoms with van der Waals surface area (Å²) in [7, 11) is 0. The molecule has 5 heteroatoms. The van der Waals surface area contributed by atoms with E-state index in [4.69, 9.17) is 0 Å². The van der Waals surface area contributed by atoms with Gasteiger partial charge in [-0.25, -0.2) is 4.39 Å². The summed E-state index contributed by atoms with van der Waals surface area (Å²) in [5, 5.41) is 14.2. The highest BCUT2D eigenvalue weighted by atomic mass is 19.1. The zero-order valence-corrected chi connectivity index (χ0v) is 12.0. The average Bonchev–Trinajstić information content (AvgIpc) is 2.47. The highest BCUT2D eigenvalue weighted by molar-refractivity contribution is 5.60. The number of nitrogens with one attached hydrogen (secondary N) is 1. The number of anilines is 1. The monoisotopic (exact) mass is 288 g/mol. The van der Waals surface area contributed by atoms with Crippen molar-refractivity contribution in [1.82, 2.24) is 0 Å². The Hall–Kier alpha value is -2.43. The molecule has 0 saturated carbocycles. The molecular formula is C16H17FN2O2. The van der Waals surface area contributed by atoms with E-state index in [-0.39, 0.29) is 17.5 Å². The molecule has 1 N–H and O–H groups in total. The second-order valence-corrected chi connectivity index (χ2v) is 4.83. The normalized spacial score (nSPS) is 12.0.